The van der Waals surface area contributed by atoms with Crippen LogP contribution in [0.4, 0.5) is 0 Å². The summed E-state index contributed by atoms with van der Waals surface area (Å²) in [6, 6.07) is 17.7. The zero-order valence-corrected chi connectivity index (χ0v) is 16.6. The van der Waals surface area contributed by atoms with Crippen molar-refractivity contribution in [2.24, 2.45) is 0 Å². The molecule has 0 fully saturated rings. The maximum absolute atomic E-state index is 12.7. The molecule has 0 radical (unpaired) electrons. The molecule has 4 rings (SSSR count). The number of methoxy groups -OCH3 is 1. The zero-order chi connectivity index (χ0) is 20.2. The van der Waals surface area contributed by atoms with Crippen LogP contribution in [0.15, 0.2) is 67.0 Å². The highest BCUT2D eigenvalue weighted by atomic mass is 16.5. The third-order valence-corrected chi connectivity index (χ3v) is 5.05. The van der Waals surface area contributed by atoms with Gasteiger partial charge in [0.05, 0.1) is 25.0 Å². The summed E-state index contributed by atoms with van der Waals surface area (Å²) < 4.78 is 7.20. The van der Waals surface area contributed by atoms with Gasteiger partial charge in [-0.15, -0.1) is 0 Å². The molecular weight excluding hydrogens is 364 g/mol. The molecule has 0 saturated heterocycles. The molecule has 148 valence electrons. The number of aromatic amines is 1. The van der Waals surface area contributed by atoms with Gasteiger partial charge >= 0.3 is 0 Å². The highest BCUT2D eigenvalue weighted by molar-refractivity contribution is 5.84. The largest absolute Gasteiger partial charge is 0.497 e. The average molecular weight is 388 g/mol. The van der Waals surface area contributed by atoms with Crippen LogP contribution in [0.3, 0.4) is 0 Å². The standard InChI is InChI=1S/C23H24N4O2/c1-3-19(23-24-14-20(26-23)16-7-5-4-6-8-16)25-22(28)15-27-12-11-17-13-18(29-2)9-10-21(17)27/h4-14,19H,3,15H2,1-2H3,(H,24,26)(H,25,28). The lowest BCUT2D eigenvalue weighted by Crippen LogP contribution is -2.31. The number of imidazole rings is 1. The summed E-state index contributed by atoms with van der Waals surface area (Å²) in [4.78, 5) is 20.5. The van der Waals surface area contributed by atoms with Crippen LogP contribution in [0.1, 0.15) is 25.2 Å². The minimum absolute atomic E-state index is 0.0529. The van der Waals surface area contributed by atoms with E-state index in [9.17, 15) is 4.79 Å². The van der Waals surface area contributed by atoms with Gasteiger partial charge in [0.15, 0.2) is 0 Å². The zero-order valence-electron chi connectivity index (χ0n) is 16.6. The first-order valence-corrected chi connectivity index (χ1v) is 9.70. The van der Waals surface area contributed by atoms with Crippen molar-refractivity contribution in [3.05, 3.63) is 72.8 Å². The minimum atomic E-state index is -0.165. The van der Waals surface area contributed by atoms with E-state index in [0.717, 1.165) is 40.2 Å². The van der Waals surface area contributed by atoms with Gasteiger partial charge in [-0.05, 0) is 36.2 Å². The smallest absolute Gasteiger partial charge is 0.240 e. The first-order valence-electron chi connectivity index (χ1n) is 9.70. The van der Waals surface area contributed by atoms with E-state index >= 15 is 0 Å². The fraction of sp³-hybridized carbons (Fsp3) is 0.217. The van der Waals surface area contributed by atoms with Gasteiger partial charge in [0, 0.05) is 17.1 Å². The normalized spacial score (nSPS) is 12.1. The van der Waals surface area contributed by atoms with Crippen LogP contribution in [0.25, 0.3) is 22.2 Å². The molecule has 0 bridgehead atoms. The second-order valence-electron chi connectivity index (χ2n) is 6.94. The molecule has 29 heavy (non-hydrogen) atoms. The summed E-state index contributed by atoms with van der Waals surface area (Å²) in [7, 11) is 1.65. The van der Waals surface area contributed by atoms with Crippen molar-refractivity contribution in [3.8, 4) is 17.0 Å². The van der Waals surface area contributed by atoms with Gasteiger partial charge < -0.3 is 19.6 Å². The number of carbonyl (C=O) groups is 1. The lowest BCUT2D eigenvalue weighted by atomic mass is 10.2. The predicted molar refractivity (Wildman–Crippen MR) is 114 cm³/mol. The number of hydrogen-bond acceptors (Lipinski definition) is 3. The number of ether oxygens (including phenoxy) is 1. The van der Waals surface area contributed by atoms with E-state index in [1.165, 1.54) is 0 Å². The predicted octanol–water partition coefficient (Wildman–Crippen LogP) is 4.31. The number of nitrogens with zero attached hydrogens (tertiary/aromatic N) is 2. The van der Waals surface area contributed by atoms with Crippen molar-refractivity contribution in [1.29, 1.82) is 0 Å². The Kier molecular flexibility index (Phi) is 5.33. The van der Waals surface area contributed by atoms with Gasteiger partial charge in [-0.2, -0.15) is 0 Å². The lowest BCUT2D eigenvalue weighted by molar-refractivity contribution is -0.122. The molecule has 2 aromatic carbocycles. The molecule has 0 saturated carbocycles. The highest BCUT2D eigenvalue weighted by Crippen LogP contribution is 2.23. The molecule has 0 aliphatic carbocycles. The van der Waals surface area contributed by atoms with Gasteiger partial charge in [0.2, 0.25) is 5.91 Å². The van der Waals surface area contributed by atoms with Gasteiger partial charge in [-0.3, -0.25) is 4.79 Å². The molecule has 0 aliphatic rings. The van der Waals surface area contributed by atoms with Crippen LogP contribution < -0.4 is 10.1 Å². The van der Waals surface area contributed by atoms with Gasteiger partial charge in [-0.25, -0.2) is 4.98 Å². The molecule has 1 amide bonds. The quantitative estimate of drug-likeness (QED) is 0.496. The summed E-state index contributed by atoms with van der Waals surface area (Å²) in [6.45, 7) is 2.28. The Bertz CT molecular complexity index is 1110. The summed E-state index contributed by atoms with van der Waals surface area (Å²) >= 11 is 0. The first kappa shape index (κ1) is 18.8. The van der Waals surface area contributed by atoms with Crippen LogP contribution in [-0.2, 0) is 11.3 Å². The third kappa shape index (κ3) is 4.01. The third-order valence-electron chi connectivity index (χ3n) is 5.05. The van der Waals surface area contributed by atoms with Crippen molar-refractivity contribution in [1.82, 2.24) is 19.9 Å². The Morgan fingerprint density at radius 3 is 2.79 bits per heavy atom. The second kappa shape index (κ2) is 8.22. The Morgan fingerprint density at radius 1 is 1.21 bits per heavy atom. The van der Waals surface area contributed by atoms with E-state index in [2.05, 4.69) is 15.3 Å². The van der Waals surface area contributed by atoms with E-state index < -0.39 is 0 Å². The first-order chi connectivity index (χ1) is 14.2. The molecule has 2 heterocycles. The molecule has 0 aliphatic heterocycles. The van der Waals surface area contributed by atoms with Crippen molar-refractivity contribution < 1.29 is 9.53 Å². The number of nitrogens with one attached hydrogen (secondary N) is 2. The van der Waals surface area contributed by atoms with E-state index in [0.29, 0.717) is 0 Å². The number of carbonyl (C=O) groups excluding carboxylic acids is 1. The number of rotatable bonds is 7. The molecule has 4 aromatic rings. The number of fused-ring (bicyclic) bond motifs is 1. The lowest BCUT2D eigenvalue weighted by Gasteiger charge is -2.15. The molecule has 0 spiro atoms. The molecule has 1 unspecified atom stereocenters. The summed E-state index contributed by atoms with van der Waals surface area (Å²) in [5, 5.41) is 4.14. The van der Waals surface area contributed by atoms with Crippen molar-refractivity contribution in [2.45, 2.75) is 25.9 Å². The van der Waals surface area contributed by atoms with Crippen LogP contribution in [0.2, 0.25) is 0 Å². The Hall–Kier alpha value is -3.54. The van der Waals surface area contributed by atoms with E-state index in [1.807, 2.05) is 78.5 Å². The number of H-pyrrole nitrogens is 1. The molecule has 2 aromatic heterocycles. The Labute approximate surface area is 169 Å². The van der Waals surface area contributed by atoms with Crippen molar-refractivity contribution >= 4 is 16.8 Å². The van der Waals surface area contributed by atoms with Crippen molar-refractivity contribution in [3.63, 3.8) is 0 Å². The summed E-state index contributed by atoms with van der Waals surface area (Å²) in [5.41, 5.74) is 3.01. The number of aromatic nitrogens is 3. The van der Waals surface area contributed by atoms with Gasteiger partial charge in [0.25, 0.3) is 0 Å². The molecule has 1 atom stereocenters. The average Bonchev–Trinajstić information content (AvgIpc) is 3.40. The van der Waals surface area contributed by atoms with E-state index in [-0.39, 0.29) is 18.5 Å². The van der Waals surface area contributed by atoms with Crippen LogP contribution in [-0.4, -0.2) is 27.6 Å². The number of amides is 1. The minimum Gasteiger partial charge on any atom is -0.497 e. The number of hydrogen-bond donors (Lipinski definition) is 2. The Morgan fingerprint density at radius 2 is 2.03 bits per heavy atom. The van der Waals surface area contributed by atoms with Crippen LogP contribution in [0, 0.1) is 0 Å². The summed E-state index contributed by atoms with van der Waals surface area (Å²) in [6.07, 6.45) is 4.48. The molecule has 6 heteroatoms. The SMILES string of the molecule is CCC(NC(=O)Cn1ccc2cc(OC)ccc21)c1ncc(-c2ccccc2)[nH]1. The maximum atomic E-state index is 12.7. The van der Waals surface area contributed by atoms with Crippen LogP contribution in [0.5, 0.6) is 5.75 Å². The van der Waals surface area contributed by atoms with Gasteiger partial charge in [-0.1, -0.05) is 37.3 Å². The fourth-order valence-electron chi connectivity index (χ4n) is 3.48. The molecular formula is C23H24N4O2. The highest BCUT2D eigenvalue weighted by Gasteiger charge is 2.17. The number of benzene rings is 2. The summed E-state index contributed by atoms with van der Waals surface area (Å²) in [5.74, 6) is 1.52. The van der Waals surface area contributed by atoms with Crippen molar-refractivity contribution in [2.75, 3.05) is 7.11 Å². The topological polar surface area (TPSA) is 71.9 Å². The van der Waals surface area contributed by atoms with Crippen LogP contribution >= 0.6 is 0 Å². The molecule has 2 N–H and O–H groups in total. The second-order valence-corrected chi connectivity index (χ2v) is 6.94. The van der Waals surface area contributed by atoms with Gasteiger partial charge in [0.1, 0.15) is 18.1 Å². The Balaban J connectivity index is 1.46. The molecule has 6 nitrogen and oxygen atoms in total. The monoisotopic (exact) mass is 388 g/mol. The maximum Gasteiger partial charge on any atom is 0.240 e. The fourth-order valence-corrected chi connectivity index (χ4v) is 3.48. The van der Waals surface area contributed by atoms with E-state index in [4.69, 9.17) is 4.74 Å². The van der Waals surface area contributed by atoms with E-state index in [1.54, 1.807) is 7.11 Å².